The maximum absolute atomic E-state index is 12.6. The third kappa shape index (κ3) is 4.88. The zero-order valence-corrected chi connectivity index (χ0v) is 15.3. The average molecular weight is 407 g/mol. The first-order chi connectivity index (χ1) is 12.6. The molecular weight excluding hydrogens is 391 g/mol. The van der Waals surface area contributed by atoms with Crippen LogP contribution in [0.2, 0.25) is 0 Å². The van der Waals surface area contributed by atoms with E-state index in [1.165, 1.54) is 45.6 Å². The van der Waals surface area contributed by atoms with Crippen LogP contribution in [0.15, 0.2) is 41.3 Å². The van der Waals surface area contributed by atoms with Crippen LogP contribution in [0.1, 0.15) is 0 Å². The largest absolute Gasteiger partial charge is 0.573 e. The minimum Gasteiger partial charge on any atom is -0.493 e. The molecule has 0 fully saturated rings. The molecule has 0 saturated heterocycles. The molecule has 2 rings (SSSR count). The quantitative estimate of drug-likeness (QED) is 0.758. The van der Waals surface area contributed by atoms with Crippen molar-refractivity contribution < 1.29 is 40.5 Å². The van der Waals surface area contributed by atoms with Crippen molar-refractivity contribution >= 4 is 15.7 Å². The molecule has 1 N–H and O–H groups in total. The molecule has 11 heteroatoms. The lowest BCUT2D eigenvalue weighted by Crippen LogP contribution is -2.21. The topological polar surface area (TPSA) is 83.1 Å². The van der Waals surface area contributed by atoms with Crippen molar-refractivity contribution in [3.8, 4) is 23.0 Å². The van der Waals surface area contributed by atoms with E-state index in [4.69, 9.17) is 14.2 Å². The molecule has 0 amide bonds. The monoisotopic (exact) mass is 407 g/mol. The van der Waals surface area contributed by atoms with E-state index < -0.39 is 27.0 Å². The predicted octanol–water partition coefficient (Wildman–Crippen LogP) is 3.41. The number of methoxy groups -OCH3 is 3. The van der Waals surface area contributed by atoms with Crippen LogP contribution in [0.5, 0.6) is 23.0 Å². The Bertz CT molecular complexity index is 890. The summed E-state index contributed by atoms with van der Waals surface area (Å²) in [6.07, 6.45) is -5.04. The number of alkyl halides is 3. The van der Waals surface area contributed by atoms with Gasteiger partial charge < -0.3 is 18.9 Å². The van der Waals surface area contributed by atoms with E-state index in [0.29, 0.717) is 0 Å². The molecule has 0 atom stereocenters. The summed E-state index contributed by atoms with van der Waals surface area (Å²) in [5.74, 6) is -0.308. The summed E-state index contributed by atoms with van der Waals surface area (Å²) in [5.41, 5.74) is -0.00804. The summed E-state index contributed by atoms with van der Waals surface area (Å²) >= 11 is 0. The molecule has 0 aliphatic rings. The number of nitrogens with one attached hydrogen (secondary N) is 1. The fourth-order valence-corrected chi connectivity index (χ4v) is 3.40. The molecule has 0 saturated carbocycles. The molecule has 0 spiro atoms. The molecule has 0 aliphatic heterocycles. The van der Waals surface area contributed by atoms with Crippen molar-refractivity contribution in [2.45, 2.75) is 11.3 Å². The lowest BCUT2D eigenvalue weighted by atomic mass is 10.2. The van der Waals surface area contributed by atoms with Gasteiger partial charge in [-0.1, -0.05) is 12.1 Å². The second-order valence-electron chi connectivity index (χ2n) is 5.01. The molecule has 2 aromatic rings. The molecule has 7 nitrogen and oxygen atoms in total. The van der Waals surface area contributed by atoms with Gasteiger partial charge in [0, 0.05) is 12.1 Å². The summed E-state index contributed by atoms with van der Waals surface area (Å²) in [6.45, 7) is 0. The highest BCUT2D eigenvalue weighted by Gasteiger charge is 2.34. The number of para-hydroxylation sites is 1. The Balaban J connectivity index is 2.46. The van der Waals surface area contributed by atoms with Crippen molar-refractivity contribution in [3.05, 3.63) is 36.4 Å². The Morgan fingerprint density at radius 3 is 1.93 bits per heavy atom. The van der Waals surface area contributed by atoms with Crippen LogP contribution in [0.25, 0.3) is 0 Å². The van der Waals surface area contributed by atoms with Crippen molar-refractivity contribution in [3.63, 3.8) is 0 Å². The molecule has 0 unspecified atom stereocenters. The van der Waals surface area contributed by atoms with Gasteiger partial charge in [0.15, 0.2) is 11.5 Å². The van der Waals surface area contributed by atoms with Gasteiger partial charge in [-0.3, -0.25) is 4.72 Å². The number of hydrogen-bond donors (Lipinski definition) is 1. The molecule has 148 valence electrons. The van der Waals surface area contributed by atoms with E-state index in [2.05, 4.69) is 9.46 Å². The van der Waals surface area contributed by atoms with Crippen LogP contribution in [-0.2, 0) is 10.0 Å². The van der Waals surface area contributed by atoms with Crippen molar-refractivity contribution in [1.29, 1.82) is 0 Å². The SMILES string of the molecule is COc1cc(NS(=O)(=O)c2ccccc2OC(F)(F)F)cc(OC)c1OC. The lowest BCUT2D eigenvalue weighted by Gasteiger charge is -2.17. The number of sulfonamides is 1. The zero-order chi connectivity index (χ0) is 20.2. The molecule has 2 aromatic carbocycles. The fourth-order valence-electron chi connectivity index (χ4n) is 2.23. The normalized spacial score (nSPS) is 11.6. The van der Waals surface area contributed by atoms with Crippen LogP contribution in [0.3, 0.4) is 0 Å². The number of ether oxygens (including phenoxy) is 4. The summed E-state index contributed by atoms with van der Waals surface area (Å²) in [6, 6.07) is 6.98. The van der Waals surface area contributed by atoms with E-state index in [0.717, 1.165) is 12.1 Å². The highest BCUT2D eigenvalue weighted by Crippen LogP contribution is 2.40. The lowest BCUT2D eigenvalue weighted by molar-refractivity contribution is -0.275. The van der Waals surface area contributed by atoms with E-state index in [1.54, 1.807) is 0 Å². The van der Waals surface area contributed by atoms with Gasteiger partial charge in [-0.15, -0.1) is 13.2 Å². The zero-order valence-electron chi connectivity index (χ0n) is 14.5. The minimum absolute atomic E-state index is 0.00804. The highest BCUT2D eigenvalue weighted by atomic mass is 32.2. The molecule has 0 heterocycles. The number of benzene rings is 2. The van der Waals surface area contributed by atoms with Crippen LogP contribution in [0.4, 0.5) is 18.9 Å². The first-order valence-electron chi connectivity index (χ1n) is 7.29. The third-order valence-corrected chi connectivity index (χ3v) is 4.70. The molecule has 0 aliphatic carbocycles. The van der Waals surface area contributed by atoms with Crippen LogP contribution in [0, 0.1) is 0 Å². The summed E-state index contributed by atoms with van der Waals surface area (Å²) in [5, 5.41) is 0. The number of rotatable bonds is 7. The third-order valence-electron chi connectivity index (χ3n) is 3.28. The van der Waals surface area contributed by atoms with Crippen molar-refractivity contribution in [1.82, 2.24) is 0 Å². The summed E-state index contributed by atoms with van der Waals surface area (Å²) in [7, 11) is -0.372. The number of anilines is 1. The average Bonchev–Trinajstić information content (AvgIpc) is 2.59. The highest BCUT2D eigenvalue weighted by molar-refractivity contribution is 7.92. The molecule has 0 bridgehead atoms. The van der Waals surface area contributed by atoms with Crippen molar-refractivity contribution in [2.24, 2.45) is 0 Å². The van der Waals surface area contributed by atoms with Gasteiger partial charge in [-0.05, 0) is 12.1 Å². The van der Waals surface area contributed by atoms with Gasteiger partial charge in [-0.2, -0.15) is 0 Å². The molecule has 0 radical (unpaired) electrons. The maximum Gasteiger partial charge on any atom is 0.573 e. The standard InChI is InChI=1S/C16H16F3NO6S/c1-23-12-8-10(9-13(24-2)15(12)25-3)20-27(21,22)14-7-5-4-6-11(14)26-16(17,18)19/h4-9,20H,1-3H3. The van der Waals surface area contributed by atoms with Gasteiger partial charge in [0.05, 0.1) is 27.0 Å². The Hall–Kier alpha value is -2.82. The fraction of sp³-hybridized carbons (Fsp3) is 0.250. The van der Waals surface area contributed by atoms with E-state index in [1.807, 2.05) is 0 Å². The van der Waals surface area contributed by atoms with E-state index in [-0.39, 0.29) is 22.9 Å². The second kappa shape index (κ2) is 7.82. The Morgan fingerprint density at radius 2 is 1.44 bits per heavy atom. The summed E-state index contributed by atoms with van der Waals surface area (Å²) in [4.78, 5) is -0.684. The van der Waals surface area contributed by atoms with E-state index in [9.17, 15) is 21.6 Å². The predicted molar refractivity (Wildman–Crippen MR) is 90.0 cm³/mol. The van der Waals surface area contributed by atoms with Crippen LogP contribution < -0.4 is 23.7 Å². The Morgan fingerprint density at radius 1 is 0.889 bits per heavy atom. The Labute approximate surface area is 153 Å². The Kier molecular flexibility index (Phi) is 5.94. The maximum atomic E-state index is 12.6. The van der Waals surface area contributed by atoms with Crippen LogP contribution in [-0.4, -0.2) is 36.1 Å². The molecule has 0 aromatic heterocycles. The van der Waals surface area contributed by atoms with E-state index >= 15 is 0 Å². The van der Waals surface area contributed by atoms with Gasteiger partial charge in [-0.25, -0.2) is 8.42 Å². The van der Waals surface area contributed by atoms with Gasteiger partial charge in [0.1, 0.15) is 10.6 Å². The van der Waals surface area contributed by atoms with Crippen molar-refractivity contribution in [2.75, 3.05) is 26.1 Å². The smallest absolute Gasteiger partial charge is 0.493 e. The molecular formula is C16H16F3NO6S. The minimum atomic E-state index is -5.04. The van der Waals surface area contributed by atoms with Crippen LogP contribution >= 0.6 is 0 Å². The van der Waals surface area contributed by atoms with Gasteiger partial charge in [0.25, 0.3) is 10.0 Å². The first-order valence-corrected chi connectivity index (χ1v) is 8.77. The first kappa shape index (κ1) is 20.5. The van der Waals surface area contributed by atoms with Gasteiger partial charge >= 0.3 is 6.36 Å². The molecule has 27 heavy (non-hydrogen) atoms. The number of hydrogen-bond acceptors (Lipinski definition) is 6. The summed E-state index contributed by atoms with van der Waals surface area (Å²) < 4.78 is 84.1. The number of halogens is 3. The second-order valence-corrected chi connectivity index (χ2v) is 6.66. The van der Waals surface area contributed by atoms with Gasteiger partial charge in [0.2, 0.25) is 5.75 Å².